The molecule has 1 amide bonds. The molecule has 9 heteroatoms. The quantitative estimate of drug-likeness (QED) is 0.392. The maximum atomic E-state index is 12.0. The minimum atomic E-state index is -0.469. The van der Waals surface area contributed by atoms with Crippen LogP contribution in [0, 0.1) is 10.1 Å². The van der Waals surface area contributed by atoms with Crippen LogP contribution in [0.1, 0.15) is 28.8 Å². The second-order valence-electron chi connectivity index (χ2n) is 6.36. The first-order chi connectivity index (χ1) is 13.6. The Morgan fingerprint density at radius 1 is 1.18 bits per heavy atom. The predicted octanol–water partition coefficient (Wildman–Crippen LogP) is 4.24. The number of carbonyl (C=O) groups is 1. The lowest BCUT2D eigenvalue weighted by atomic mass is 9.90. The zero-order valence-electron chi connectivity index (χ0n) is 14.8. The fourth-order valence-corrected chi connectivity index (χ4v) is 3.82. The minimum Gasteiger partial charge on any atom is -0.403 e. The Morgan fingerprint density at radius 3 is 2.79 bits per heavy atom. The molecule has 8 nitrogen and oxygen atoms in total. The number of nitrogens with zero attached hydrogens (tertiary/aromatic N) is 3. The molecule has 0 saturated carbocycles. The summed E-state index contributed by atoms with van der Waals surface area (Å²) >= 11 is 0.985. The maximum absolute atomic E-state index is 12.0. The fourth-order valence-electron chi connectivity index (χ4n) is 3.09. The lowest BCUT2D eigenvalue weighted by Crippen LogP contribution is -2.07. The average Bonchev–Trinajstić information content (AvgIpc) is 3.36. The minimum absolute atomic E-state index is 0.000434. The summed E-state index contributed by atoms with van der Waals surface area (Å²) in [4.78, 5) is 22.8. The van der Waals surface area contributed by atoms with Crippen molar-refractivity contribution < 1.29 is 14.1 Å². The van der Waals surface area contributed by atoms with Gasteiger partial charge in [0.15, 0.2) is 0 Å². The van der Waals surface area contributed by atoms with Crippen LogP contribution in [-0.4, -0.2) is 21.0 Å². The molecule has 0 aliphatic heterocycles. The van der Waals surface area contributed by atoms with Gasteiger partial charge in [-0.15, -0.1) is 5.10 Å². The van der Waals surface area contributed by atoms with Crippen molar-refractivity contribution in [1.82, 2.24) is 10.2 Å². The average molecular weight is 396 g/mol. The van der Waals surface area contributed by atoms with Crippen molar-refractivity contribution in [2.24, 2.45) is 0 Å². The molecule has 3 aromatic rings. The van der Waals surface area contributed by atoms with Gasteiger partial charge in [-0.3, -0.25) is 20.2 Å². The smallest absolute Gasteiger partial charge is 0.324 e. The molecule has 2 heterocycles. The monoisotopic (exact) mass is 396 g/mol. The lowest BCUT2D eigenvalue weighted by molar-refractivity contribution is -0.380. The van der Waals surface area contributed by atoms with Crippen LogP contribution in [0.4, 0.5) is 11.0 Å². The van der Waals surface area contributed by atoms with E-state index >= 15 is 0 Å². The number of nitro groups is 1. The van der Waals surface area contributed by atoms with Gasteiger partial charge in [0, 0.05) is 22.6 Å². The second kappa shape index (κ2) is 7.73. The van der Waals surface area contributed by atoms with E-state index < -0.39 is 10.8 Å². The van der Waals surface area contributed by atoms with Gasteiger partial charge in [-0.2, -0.15) is 0 Å². The Hall–Kier alpha value is -3.33. The summed E-state index contributed by atoms with van der Waals surface area (Å²) in [5.74, 6) is -0.113. The van der Waals surface area contributed by atoms with Crippen LogP contribution in [0.5, 0.6) is 0 Å². The van der Waals surface area contributed by atoms with E-state index in [1.807, 2.05) is 6.07 Å². The molecule has 0 unspecified atom stereocenters. The van der Waals surface area contributed by atoms with Gasteiger partial charge < -0.3 is 4.42 Å². The van der Waals surface area contributed by atoms with E-state index in [1.165, 1.54) is 42.2 Å². The zero-order valence-corrected chi connectivity index (χ0v) is 15.6. The van der Waals surface area contributed by atoms with Crippen LogP contribution < -0.4 is 5.32 Å². The molecule has 0 radical (unpaired) electrons. The predicted molar refractivity (Wildman–Crippen MR) is 105 cm³/mol. The molecule has 1 aromatic carbocycles. The maximum Gasteiger partial charge on any atom is 0.324 e. The van der Waals surface area contributed by atoms with Crippen LogP contribution in [0.15, 0.2) is 40.8 Å². The highest BCUT2D eigenvalue weighted by Crippen LogP contribution is 2.28. The van der Waals surface area contributed by atoms with Crippen molar-refractivity contribution in [2.45, 2.75) is 25.7 Å². The highest BCUT2D eigenvalue weighted by molar-refractivity contribution is 7.16. The normalized spacial score (nSPS) is 13.4. The first kappa shape index (κ1) is 18.1. The highest BCUT2D eigenvalue weighted by atomic mass is 32.1. The van der Waals surface area contributed by atoms with Gasteiger partial charge in [0.2, 0.25) is 5.89 Å². The molecule has 0 atom stereocenters. The van der Waals surface area contributed by atoms with Crippen LogP contribution in [0.25, 0.3) is 17.5 Å². The number of aromatic nitrogens is 2. The Bertz CT molecular complexity index is 1070. The number of carbonyl (C=O) groups excluding carboxylic acids is 1. The van der Waals surface area contributed by atoms with Crippen LogP contribution in [0.2, 0.25) is 0 Å². The van der Waals surface area contributed by atoms with E-state index in [2.05, 4.69) is 27.6 Å². The van der Waals surface area contributed by atoms with Crippen molar-refractivity contribution in [3.05, 3.63) is 62.5 Å². The third kappa shape index (κ3) is 3.99. The molecule has 2 aromatic heterocycles. The highest BCUT2D eigenvalue weighted by Gasteiger charge is 2.14. The van der Waals surface area contributed by atoms with E-state index in [1.54, 1.807) is 6.07 Å². The van der Waals surface area contributed by atoms with Crippen LogP contribution >= 0.6 is 11.3 Å². The molecule has 0 saturated heterocycles. The molecule has 142 valence electrons. The molecule has 0 spiro atoms. The van der Waals surface area contributed by atoms with E-state index in [0.29, 0.717) is 10.8 Å². The van der Waals surface area contributed by atoms with Gasteiger partial charge in [0.05, 0.1) is 4.92 Å². The van der Waals surface area contributed by atoms with Gasteiger partial charge in [-0.1, -0.05) is 22.5 Å². The zero-order chi connectivity index (χ0) is 19.5. The van der Waals surface area contributed by atoms with Crippen molar-refractivity contribution in [3.63, 3.8) is 0 Å². The summed E-state index contributed by atoms with van der Waals surface area (Å²) in [6.07, 6.45) is 7.30. The summed E-state index contributed by atoms with van der Waals surface area (Å²) in [5, 5.41) is 21.1. The van der Waals surface area contributed by atoms with Crippen molar-refractivity contribution >= 4 is 34.3 Å². The third-order valence-electron chi connectivity index (χ3n) is 4.44. The summed E-state index contributed by atoms with van der Waals surface area (Å²) in [6, 6.07) is 9.08. The van der Waals surface area contributed by atoms with Crippen molar-refractivity contribution in [1.29, 1.82) is 0 Å². The summed E-state index contributed by atoms with van der Waals surface area (Å²) in [5.41, 5.74) is 3.50. The lowest BCUT2D eigenvalue weighted by Gasteiger charge is -2.15. The van der Waals surface area contributed by atoms with Gasteiger partial charge >= 0.3 is 11.0 Å². The number of anilines is 1. The molecule has 1 aliphatic carbocycles. The Balaban J connectivity index is 1.42. The van der Waals surface area contributed by atoms with Crippen LogP contribution in [-0.2, 0) is 17.6 Å². The first-order valence-corrected chi connectivity index (χ1v) is 9.59. The first-order valence-electron chi connectivity index (χ1n) is 8.77. The standard InChI is InChI=1S/C19H16N4O4S/c24-16(9-7-15-8-10-17(28-15)23(25)26)20-19-22-21-18(27-19)14-6-5-12-3-1-2-4-13(12)11-14/h5-11H,1-4H2,(H,20,22,24). The van der Waals surface area contributed by atoms with E-state index in [4.69, 9.17) is 4.42 Å². The molecular weight excluding hydrogens is 380 g/mol. The number of hydrogen-bond acceptors (Lipinski definition) is 7. The van der Waals surface area contributed by atoms with Gasteiger partial charge in [0.25, 0.3) is 5.91 Å². The summed E-state index contributed by atoms with van der Waals surface area (Å²) < 4.78 is 5.54. The summed E-state index contributed by atoms with van der Waals surface area (Å²) in [7, 11) is 0. The van der Waals surface area contributed by atoms with Crippen molar-refractivity contribution in [2.75, 3.05) is 5.32 Å². The van der Waals surface area contributed by atoms with E-state index in [-0.39, 0.29) is 11.0 Å². The Labute approximate surface area is 164 Å². The molecule has 1 aliphatic rings. The number of thiophene rings is 1. The SMILES string of the molecule is O=C(C=Cc1ccc([N+](=O)[O-])s1)Nc1nnc(-c2ccc3c(c2)CCCC3)o1. The Morgan fingerprint density at radius 2 is 2.00 bits per heavy atom. The topological polar surface area (TPSA) is 111 Å². The number of hydrogen-bond donors (Lipinski definition) is 1. The van der Waals surface area contributed by atoms with Gasteiger partial charge in [0.1, 0.15) is 0 Å². The van der Waals surface area contributed by atoms with Crippen LogP contribution in [0.3, 0.4) is 0 Å². The number of amides is 1. The molecule has 0 bridgehead atoms. The van der Waals surface area contributed by atoms with Gasteiger partial charge in [-0.05, 0) is 61.1 Å². The second-order valence-corrected chi connectivity index (χ2v) is 7.45. The number of fused-ring (bicyclic) bond motifs is 1. The number of nitrogens with one attached hydrogen (secondary N) is 1. The third-order valence-corrected chi connectivity index (χ3v) is 5.44. The van der Waals surface area contributed by atoms with E-state index in [0.717, 1.165) is 29.7 Å². The molecular formula is C19H16N4O4S. The van der Waals surface area contributed by atoms with E-state index in [9.17, 15) is 14.9 Å². The largest absolute Gasteiger partial charge is 0.403 e. The fraction of sp³-hybridized carbons (Fsp3) is 0.211. The summed E-state index contributed by atoms with van der Waals surface area (Å²) in [6.45, 7) is 0. The van der Waals surface area contributed by atoms with Gasteiger partial charge in [-0.25, -0.2) is 0 Å². The number of rotatable bonds is 5. The Kier molecular flexibility index (Phi) is 4.98. The molecule has 4 rings (SSSR count). The number of benzene rings is 1. The molecule has 28 heavy (non-hydrogen) atoms. The number of aryl methyl sites for hydroxylation is 2. The van der Waals surface area contributed by atoms with Crippen molar-refractivity contribution in [3.8, 4) is 11.5 Å². The molecule has 1 N–H and O–H groups in total. The molecule has 0 fully saturated rings.